The lowest BCUT2D eigenvalue weighted by molar-refractivity contribution is 0.0939. The number of hydrogen-bond donors (Lipinski definition) is 1. The Balaban J connectivity index is 2.08. The molecular formula is C18H16Cl2N4O3. The van der Waals surface area contributed by atoms with Crippen LogP contribution in [0.25, 0.3) is 0 Å². The minimum absolute atomic E-state index is 0.0289. The smallest absolute Gasteiger partial charge is 0.281 e. The van der Waals surface area contributed by atoms with Gasteiger partial charge in [-0.2, -0.15) is 5.26 Å². The standard InChI is InChI=1S/C18H16Cl2N4O3/c1-10-13(8-21)17(25)24(9-12-3-2-6-27-12)18(26)16(10)23-22-15-7-11(19)4-5-14(15)20/h4-5,7,12,25H,2-3,6,9H2,1H3. The van der Waals surface area contributed by atoms with Gasteiger partial charge in [0, 0.05) is 17.2 Å². The minimum atomic E-state index is -0.554. The van der Waals surface area contributed by atoms with Crippen molar-refractivity contribution in [1.29, 1.82) is 5.26 Å². The maximum Gasteiger partial charge on any atom is 0.281 e. The normalized spacial score (nSPS) is 16.7. The number of benzene rings is 1. The van der Waals surface area contributed by atoms with Crippen LogP contribution in [0.5, 0.6) is 5.88 Å². The van der Waals surface area contributed by atoms with Gasteiger partial charge in [0.25, 0.3) is 5.56 Å². The highest BCUT2D eigenvalue weighted by Crippen LogP contribution is 2.31. The molecule has 1 unspecified atom stereocenters. The van der Waals surface area contributed by atoms with Gasteiger partial charge in [-0.15, -0.1) is 10.2 Å². The molecule has 1 aromatic carbocycles. The molecule has 0 amide bonds. The Bertz CT molecular complexity index is 1010. The van der Waals surface area contributed by atoms with E-state index in [1.807, 2.05) is 6.07 Å². The molecule has 0 aliphatic carbocycles. The molecule has 140 valence electrons. The van der Waals surface area contributed by atoms with Gasteiger partial charge in [-0.1, -0.05) is 23.2 Å². The van der Waals surface area contributed by atoms with Crippen LogP contribution in [0.2, 0.25) is 10.0 Å². The fourth-order valence-electron chi connectivity index (χ4n) is 2.88. The predicted molar refractivity (Wildman–Crippen MR) is 101 cm³/mol. The van der Waals surface area contributed by atoms with Crippen LogP contribution in [0.15, 0.2) is 33.2 Å². The Labute approximate surface area is 165 Å². The number of aromatic nitrogens is 1. The molecule has 1 fully saturated rings. The van der Waals surface area contributed by atoms with E-state index in [4.69, 9.17) is 27.9 Å². The van der Waals surface area contributed by atoms with E-state index in [0.717, 1.165) is 17.4 Å². The second-order valence-corrected chi connectivity index (χ2v) is 6.97. The molecule has 1 aromatic heterocycles. The maximum absolute atomic E-state index is 12.9. The summed E-state index contributed by atoms with van der Waals surface area (Å²) in [7, 11) is 0. The highest BCUT2D eigenvalue weighted by atomic mass is 35.5. The van der Waals surface area contributed by atoms with Crippen molar-refractivity contribution < 1.29 is 9.84 Å². The average molecular weight is 407 g/mol. The lowest BCUT2D eigenvalue weighted by atomic mass is 10.1. The number of halogens is 2. The third-order valence-electron chi connectivity index (χ3n) is 4.35. The Kier molecular flexibility index (Phi) is 5.80. The number of pyridine rings is 1. The lowest BCUT2D eigenvalue weighted by Crippen LogP contribution is -2.27. The topological polar surface area (TPSA) is 100.0 Å². The average Bonchev–Trinajstić information content (AvgIpc) is 3.15. The van der Waals surface area contributed by atoms with Crippen LogP contribution in [0, 0.1) is 18.3 Å². The Morgan fingerprint density at radius 3 is 2.85 bits per heavy atom. The van der Waals surface area contributed by atoms with Crippen LogP contribution in [0.1, 0.15) is 24.0 Å². The van der Waals surface area contributed by atoms with E-state index in [9.17, 15) is 15.2 Å². The van der Waals surface area contributed by atoms with Crippen molar-refractivity contribution in [2.75, 3.05) is 6.61 Å². The molecule has 1 aliphatic heterocycles. The maximum atomic E-state index is 12.9. The van der Waals surface area contributed by atoms with Gasteiger partial charge in [0.2, 0.25) is 5.88 Å². The van der Waals surface area contributed by atoms with E-state index in [1.54, 1.807) is 12.1 Å². The summed E-state index contributed by atoms with van der Waals surface area (Å²) in [4.78, 5) is 12.9. The summed E-state index contributed by atoms with van der Waals surface area (Å²) in [5, 5.41) is 28.5. The van der Waals surface area contributed by atoms with E-state index in [1.165, 1.54) is 13.0 Å². The number of azo groups is 1. The summed E-state index contributed by atoms with van der Waals surface area (Å²) in [6, 6.07) is 6.60. The molecular weight excluding hydrogens is 391 g/mol. The molecule has 9 heteroatoms. The molecule has 0 bridgehead atoms. The first kappa shape index (κ1) is 19.4. The van der Waals surface area contributed by atoms with Crippen molar-refractivity contribution in [3.05, 3.63) is 49.7 Å². The van der Waals surface area contributed by atoms with Crippen molar-refractivity contribution in [2.24, 2.45) is 10.2 Å². The van der Waals surface area contributed by atoms with Gasteiger partial charge < -0.3 is 9.84 Å². The zero-order valence-electron chi connectivity index (χ0n) is 14.4. The van der Waals surface area contributed by atoms with Gasteiger partial charge in [0.1, 0.15) is 17.3 Å². The van der Waals surface area contributed by atoms with Gasteiger partial charge in [0.15, 0.2) is 5.69 Å². The van der Waals surface area contributed by atoms with Crippen molar-refractivity contribution in [3.8, 4) is 11.9 Å². The largest absolute Gasteiger partial charge is 0.493 e. The highest BCUT2D eigenvalue weighted by molar-refractivity contribution is 6.35. The summed E-state index contributed by atoms with van der Waals surface area (Å²) in [6.45, 7) is 2.28. The third-order valence-corrected chi connectivity index (χ3v) is 4.90. The van der Waals surface area contributed by atoms with E-state index in [2.05, 4.69) is 10.2 Å². The summed E-state index contributed by atoms with van der Waals surface area (Å²) < 4.78 is 6.64. The number of aromatic hydroxyl groups is 1. The summed E-state index contributed by atoms with van der Waals surface area (Å²) >= 11 is 12.0. The number of ether oxygens (including phenoxy) is 1. The predicted octanol–water partition coefficient (Wildman–Crippen LogP) is 4.64. The van der Waals surface area contributed by atoms with Crippen LogP contribution in [0.4, 0.5) is 11.4 Å². The van der Waals surface area contributed by atoms with Gasteiger partial charge >= 0.3 is 0 Å². The van der Waals surface area contributed by atoms with Crippen molar-refractivity contribution in [3.63, 3.8) is 0 Å². The first-order valence-corrected chi connectivity index (χ1v) is 9.02. The van der Waals surface area contributed by atoms with E-state index >= 15 is 0 Å². The number of nitriles is 1. The van der Waals surface area contributed by atoms with E-state index < -0.39 is 11.4 Å². The lowest BCUT2D eigenvalue weighted by Gasteiger charge is -2.16. The quantitative estimate of drug-likeness (QED) is 0.747. The molecule has 0 radical (unpaired) electrons. The first-order valence-electron chi connectivity index (χ1n) is 8.27. The Morgan fingerprint density at radius 2 is 2.19 bits per heavy atom. The van der Waals surface area contributed by atoms with Gasteiger partial charge in [-0.05, 0) is 38.0 Å². The molecule has 1 saturated heterocycles. The molecule has 0 spiro atoms. The molecule has 1 N–H and O–H groups in total. The summed E-state index contributed by atoms with van der Waals surface area (Å²) in [6.07, 6.45) is 1.46. The van der Waals surface area contributed by atoms with Gasteiger partial charge in [-0.25, -0.2) is 0 Å². The van der Waals surface area contributed by atoms with Crippen molar-refractivity contribution in [1.82, 2.24) is 4.57 Å². The monoisotopic (exact) mass is 406 g/mol. The zero-order chi connectivity index (χ0) is 19.6. The van der Waals surface area contributed by atoms with Gasteiger partial charge in [-0.3, -0.25) is 9.36 Å². The van der Waals surface area contributed by atoms with Gasteiger partial charge in [0.05, 0.1) is 17.7 Å². The van der Waals surface area contributed by atoms with Crippen LogP contribution in [-0.4, -0.2) is 22.4 Å². The molecule has 27 heavy (non-hydrogen) atoms. The fraction of sp³-hybridized carbons (Fsp3) is 0.333. The first-order chi connectivity index (χ1) is 12.9. The Hall–Kier alpha value is -2.40. The molecule has 7 nitrogen and oxygen atoms in total. The zero-order valence-corrected chi connectivity index (χ0v) is 16.0. The second-order valence-electron chi connectivity index (χ2n) is 6.13. The minimum Gasteiger partial charge on any atom is -0.493 e. The summed E-state index contributed by atoms with van der Waals surface area (Å²) in [5.41, 5.74) is -0.0933. The fourth-order valence-corrected chi connectivity index (χ4v) is 3.21. The molecule has 1 aliphatic rings. The van der Waals surface area contributed by atoms with E-state index in [-0.39, 0.29) is 29.5 Å². The number of rotatable bonds is 4. The second kappa shape index (κ2) is 8.09. The van der Waals surface area contributed by atoms with Crippen LogP contribution < -0.4 is 5.56 Å². The van der Waals surface area contributed by atoms with Crippen molar-refractivity contribution in [2.45, 2.75) is 32.4 Å². The number of hydrogen-bond acceptors (Lipinski definition) is 6. The molecule has 0 saturated carbocycles. The van der Waals surface area contributed by atoms with Crippen LogP contribution in [0.3, 0.4) is 0 Å². The van der Waals surface area contributed by atoms with Crippen molar-refractivity contribution >= 4 is 34.6 Å². The van der Waals surface area contributed by atoms with Crippen LogP contribution in [-0.2, 0) is 11.3 Å². The summed E-state index contributed by atoms with van der Waals surface area (Å²) in [5.74, 6) is -0.393. The molecule has 3 rings (SSSR count). The molecule has 2 aromatic rings. The molecule has 1 atom stereocenters. The highest BCUT2D eigenvalue weighted by Gasteiger charge is 2.23. The SMILES string of the molecule is Cc1c(C#N)c(O)n(CC2CCCO2)c(=O)c1N=Nc1cc(Cl)ccc1Cl. The van der Waals surface area contributed by atoms with E-state index in [0.29, 0.717) is 22.3 Å². The number of nitrogens with zero attached hydrogens (tertiary/aromatic N) is 4. The Morgan fingerprint density at radius 1 is 1.41 bits per heavy atom. The van der Waals surface area contributed by atoms with Crippen LogP contribution >= 0.6 is 23.2 Å². The third kappa shape index (κ3) is 3.98. The molecule has 2 heterocycles.